The van der Waals surface area contributed by atoms with E-state index >= 15 is 0 Å². The monoisotopic (exact) mass is 276 g/mol. The Morgan fingerprint density at radius 1 is 1.47 bits per heavy atom. The van der Waals surface area contributed by atoms with Crippen LogP contribution in [0, 0.1) is 0 Å². The molecular weight excluding hydrogens is 268 g/mol. The third-order valence-electron chi connectivity index (χ3n) is 2.56. The lowest BCUT2D eigenvalue weighted by atomic mass is 10.3. The number of hydrogen-bond acceptors (Lipinski definition) is 6. The molecule has 0 unspecified atom stereocenters. The summed E-state index contributed by atoms with van der Waals surface area (Å²) in [5.74, 6) is -0.744. The Morgan fingerprint density at radius 3 is 3.00 bits per heavy atom. The summed E-state index contributed by atoms with van der Waals surface area (Å²) in [6.07, 6.45) is 1.22. The molecule has 3 aromatic heterocycles. The van der Waals surface area contributed by atoms with E-state index in [1.54, 1.807) is 0 Å². The van der Waals surface area contributed by atoms with E-state index in [0.29, 0.717) is 6.54 Å². The fraction of sp³-hybridized carbons (Fsp3) is 0.100. The highest BCUT2D eigenvalue weighted by Gasteiger charge is 2.15. The predicted molar refractivity (Wildman–Crippen MR) is 67.0 cm³/mol. The van der Waals surface area contributed by atoms with Crippen molar-refractivity contribution in [3.8, 4) is 0 Å². The molecule has 19 heavy (non-hydrogen) atoms. The number of thiophene rings is 1. The highest BCUT2D eigenvalue weighted by atomic mass is 32.1. The molecule has 3 heterocycles. The summed E-state index contributed by atoms with van der Waals surface area (Å²) in [6.45, 7) is 0.315. The van der Waals surface area contributed by atoms with Crippen molar-refractivity contribution in [3.63, 3.8) is 0 Å². The summed E-state index contributed by atoms with van der Waals surface area (Å²) in [5, 5.41) is 11.4. The van der Waals surface area contributed by atoms with Gasteiger partial charge in [0, 0.05) is 0 Å². The van der Waals surface area contributed by atoms with Gasteiger partial charge in [-0.05, 0) is 22.4 Å². The van der Waals surface area contributed by atoms with Crippen molar-refractivity contribution in [2.75, 3.05) is 0 Å². The first-order chi connectivity index (χ1) is 9.16. The van der Waals surface area contributed by atoms with Gasteiger partial charge in [0.1, 0.15) is 6.33 Å². The van der Waals surface area contributed by atoms with Gasteiger partial charge in [-0.15, -0.1) is 5.10 Å². The maximum atomic E-state index is 12.1. The maximum absolute atomic E-state index is 12.1. The zero-order valence-corrected chi connectivity index (χ0v) is 10.4. The number of primary amides is 1. The number of hydrogen-bond donors (Lipinski definition) is 1. The summed E-state index contributed by atoms with van der Waals surface area (Å²) in [5.41, 5.74) is 5.67. The van der Waals surface area contributed by atoms with Crippen LogP contribution in [-0.2, 0) is 6.54 Å². The quantitative estimate of drug-likeness (QED) is 0.693. The molecule has 0 fully saturated rings. The minimum atomic E-state index is -0.744. The lowest BCUT2D eigenvalue weighted by Crippen LogP contribution is -2.30. The van der Waals surface area contributed by atoms with Crippen LogP contribution >= 0.6 is 11.3 Å². The predicted octanol–water partition coefficient (Wildman–Crippen LogP) is -0.505. The van der Waals surface area contributed by atoms with Crippen molar-refractivity contribution in [1.29, 1.82) is 0 Å². The molecule has 3 aromatic rings. The average Bonchev–Trinajstić information content (AvgIpc) is 3.01. The summed E-state index contributed by atoms with van der Waals surface area (Å²) in [4.78, 5) is 27.0. The molecular formula is C10H8N6O2S. The van der Waals surface area contributed by atoms with Crippen molar-refractivity contribution >= 4 is 22.9 Å². The largest absolute Gasteiger partial charge is 0.364 e. The van der Waals surface area contributed by atoms with Crippen LogP contribution in [0.3, 0.4) is 0 Å². The molecule has 0 saturated heterocycles. The van der Waals surface area contributed by atoms with E-state index < -0.39 is 11.6 Å². The zero-order chi connectivity index (χ0) is 13.4. The van der Waals surface area contributed by atoms with Gasteiger partial charge in [0.25, 0.3) is 5.91 Å². The number of nitrogens with two attached hydrogens (primary N) is 1. The van der Waals surface area contributed by atoms with Gasteiger partial charge >= 0.3 is 5.69 Å². The normalized spacial score (nSPS) is 10.9. The third-order valence-corrected chi connectivity index (χ3v) is 3.29. The molecule has 0 spiro atoms. The Bertz CT molecular complexity index is 803. The smallest absolute Gasteiger partial charge is 0.353 e. The Balaban J connectivity index is 2.12. The van der Waals surface area contributed by atoms with Crippen LogP contribution in [0.5, 0.6) is 0 Å². The van der Waals surface area contributed by atoms with Crippen LogP contribution in [0.15, 0.2) is 27.9 Å². The lowest BCUT2D eigenvalue weighted by molar-refractivity contribution is 0.0997. The molecule has 8 nitrogen and oxygen atoms in total. The molecule has 1 amide bonds. The highest BCUT2D eigenvalue weighted by molar-refractivity contribution is 7.07. The Labute approximate surface area is 110 Å². The van der Waals surface area contributed by atoms with Gasteiger partial charge in [0.15, 0.2) is 11.3 Å². The number of amides is 1. The number of imidazole rings is 1. The first-order valence-electron chi connectivity index (χ1n) is 5.28. The van der Waals surface area contributed by atoms with Crippen molar-refractivity contribution < 1.29 is 4.79 Å². The molecule has 0 bridgehead atoms. The maximum Gasteiger partial charge on any atom is 0.353 e. The van der Waals surface area contributed by atoms with Crippen LogP contribution in [-0.4, -0.2) is 30.3 Å². The SMILES string of the molecule is NC(=O)c1ncn2c(=O)n(Cc3ccsc3)nnc12. The number of aromatic nitrogens is 5. The molecule has 0 aliphatic rings. The van der Waals surface area contributed by atoms with Gasteiger partial charge < -0.3 is 5.73 Å². The molecule has 0 aliphatic carbocycles. The fourth-order valence-electron chi connectivity index (χ4n) is 1.67. The molecule has 2 N–H and O–H groups in total. The van der Waals surface area contributed by atoms with Gasteiger partial charge in [-0.2, -0.15) is 16.0 Å². The second-order valence-corrected chi connectivity index (χ2v) is 4.59. The van der Waals surface area contributed by atoms with Crippen LogP contribution in [0.4, 0.5) is 0 Å². The van der Waals surface area contributed by atoms with E-state index in [2.05, 4.69) is 15.3 Å². The number of carbonyl (C=O) groups is 1. The van der Waals surface area contributed by atoms with Gasteiger partial charge in [0.2, 0.25) is 0 Å². The van der Waals surface area contributed by atoms with Crippen molar-refractivity contribution in [3.05, 3.63) is 44.9 Å². The molecule has 96 valence electrons. The van der Waals surface area contributed by atoms with E-state index in [0.717, 1.165) is 9.96 Å². The average molecular weight is 276 g/mol. The molecule has 0 atom stereocenters. The summed E-state index contributed by atoms with van der Waals surface area (Å²) in [7, 11) is 0. The standard InChI is InChI=1S/C10H8N6O2S/c11-8(17)7-9-13-14-16(3-6-1-2-19-4-6)10(18)15(9)5-12-7/h1-2,4-5H,3H2,(H2,11,17). The Kier molecular flexibility index (Phi) is 2.60. The van der Waals surface area contributed by atoms with Gasteiger partial charge in [-0.3, -0.25) is 4.79 Å². The van der Waals surface area contributed by atoms with E-state index in [1.807, 2.05) is 16.8 Å². The van der Waals surface area contributed by atoms with Crippen molar-refractivity contribution in [2.45, 2.75) is 6.54 Å². The molecule has 0 saturated carbocycles. The topological polar surface area (TPSA) is 108 Å². The lowest BCUT2D eigenvalue weighted by Gasteiger charge is -2.01. The van der Waals surface area contributed by atoms with Gasteiger partial charge in [-0.1, -0.05) is 5.21 Å². The minimum Gasteiger partial charge on any atom is -0.364 e. The summed E-state index contributed by atoms with van der Waals surface area (Å²) < 4.78 is 2.35. The summed E-state index contributed by atoms with van der Waals surface area (Å²) >= 11 is 1.53. The zero-order valence-electron chi connectivity index (χ0n) is 9.55. The molecule has 0 aromatic carbocycles. The van der Waals surface area contributed by atoms with Crippen LogP contribution in [0.1, 0.15) is 16.1 Å². The fourth-order valence-corrected chi connectivity index (χ4v) is 2.32. The number of nitrogens with zero attached hydrogens (tertiary/aromatic N) is 5. The van der Waals surface area contributed by atoms with Crippen molar-refractivity contribution in [1.82, 2.24) is 24.4 Å². The Hall–Kier alpha value is -2.55. The van der Waals surface area contributed by atoms with Crippen LogP contribution in [0.25, 0.3) is 5.65 Å². The third kappa shape index (κ3) is 1.89. The molecule has 3 rings (SSSR count). The van der Waals surface area contributed by atoms with Crippen molar-refractivity contribution in [2.24, 2.45) is 5.73 Å². The van der Waals surface area contributed by atoms with Gasteiger partial charge in [0.05, 0.1) is 6.54 Å². The van der Waals surface area contributed by atoms with E-state index in [9.17, 15) is 9.59 Å². The molecule has 0 radical (unpaired) electrons. The Morgan fingerprint density at radius 2 is 2.32 bits per heavy atom. The number of carbonyl (C=O) groups excluding carboxylic acids is 1. The van der Waals surface area contributed by atoms with Crippen LogP contribution < -0.4 is 11.4 Å². The van der Waals surface area contributed by atoms with E-state index in [4.69, 9.17) is 5.73 Å². The van der Waals surface area contributed by atoms with E-state index in [-0.39, 0.29) is 11.3 Å². The molecule has 0 aliphatic heterocycles. The summed E-state index contributed by atoms with van der Waals surface area (Å²) in [6, 6.07) is 1.89. The molecule has 9 heteroatoms. The van der Waals surface area contributed by atoms with Gasteiger partial charge in [-0.25, -0.2) is 14.2 Å². The number of fused-ring (bicyclic) bond motifs is 1. The second-order valence-electron chi connectivity index (χ2n) is 3.81. The first kappa shape index (κ1) is 11.5. The second kappa shape index (κ2) is 4.28. The minimum absolute atomic E-state index is 0.0627. The van der Waals surface area contributed by atoms with Crippen LogP contribution in [0.2, 0.25) is 0 Å². The van der Waals surface area contributed by atoms with E-state index in [1.165, 1.54) is 22.3 Å². The number of rotatable bonds is 3. The first-order valence-corrected chi connectivity index (χ1v) is 6.23. The highest BCUT2D eigenvalue weighted by Crippen LogP contribution is 2.06.